The van der Waals surface area contributed by atoms with E-state index in [4.69, 9.17) is 0 Å². The first kappa shape index (κ1) is 8.96. The topological polar surface area (TPSA) is 20.2 Å². The van der Waals surface area contributed by atoms with Gasteiger partial charge in [-0.05, 0) is 12.3 Å². The average Bonchev–Trinajstić information content (AvgIpc) is 1.90. The van der Waals surface area contributed by atoms with Gasteiger partial charge < -0.3 is 5.11 Å². The molecule has 0 aliphatic carbocycles. The number of hydrogen-bond donors (Lipinski definition) is 1. The minimum atomic E-state index is -0.0694. The normalized spacial score (nSPS) is 14.3. The van der Waals surface area contributed by atoms with Gasteiger partial charge in [-0.15, -0.1) is 0 Å². The lowest BCUT2D eigenvalue weighted by Gasteiger charge is -2.17. The molecule has 0 aliphatic heterocycles. The zero-order valence-electron chi connectivity index (χ0n) is 6.72. The first-order chi connectivity index (χ1) is 4.26. The van der Waals surface area contributed by atoms with Gasteiger partial charge in [-0.25, -0.2) is 0 Å². The molecule has 0 spiro atoms. The molecule has 56 valence electrons. The fourth-order valence-corrected chi connectivity index (χ4v) is 1.17. The third-order valence-corrected chi connectivity index (χ3v) is 2.01. The van der Waals surface area contributed by atoms with E-state index in [0.29, 0.717) is 5.92 Å². The Morgan fingerprint density at radius 1 is 1.00 bits per heavy atom. The van der Waals surface area contributed by atoms with Gasteiger partial charge in [0.05, 0.1) is 6.10 Å². The van der Waals surface area contributed by atoms with Gasteiger partial charge in [0.2, 0.25) is 0 Å². The van der Waals surface area contributed by atoms with Crippen LogP contribution in [-0.2, 0) is 0 Å². The molecule has 0 aromatic rings. The van der Waals surface area contributed by atoms with Crippen molar-refractivity contribution in [1.82, 2.24) is 0 Å². The van der Waals surface area contributed by atoms with Gasteiger partial charge in [0.1, 0.15) is 0 Å². The Hall–Kier alpha value is -0.0400. The van der Waals surface area contributed by atoms with E-state index in [-0.39, 0.29) is 6.10 Å². The standard InChI is InChI=1S/C8H18O/c1-4-7(5-2)8(9)6-3/h7-9H,4-6H2,1-3H3. The lowest BCUT2D eigenvalue weighted by Crippen LogP contribution is -2.17. The summed E-state index contributed by atoms with van der Waals surface area (Å²) >= 11 is 0. The first-order valence-electron chi connectivity index (χ1n) is 3.94. The van der Waals surface area contributed by atoms with Crippen LogP contribution in [0.1, 0.15) is 40.0 Å². The van der Waals surface area contributed by atoms with E-state index in [9.17, 15) is 5.11 Å². The van der Waals surface area contributed by atoms with Crippen LogP contribution < -0.4 is 0 Å². The highest BCUT2D eigenvalue weighted by Gasteiger charge is 2.11. The Kier molecular flexibility index (Phi) is 4.78. The summed E-state index contributed by atoms with van der Waals surface area (Å²) in [6.07, 6.45) is 3.03. The lowest BCUT2D eigenvalue weighted by molar-refractivity contribution is 0.0990. The maximum Gasteiger partial charge on any atom is 0.0565 e. The van der Waals surface area contributed by atoms with E-state index in [1.54, 1.807) is 0 Å². The molecule has 0 aromatic heterocycles. The fraction of sp³-hybridized carbons (Fsp3) is 1.00. The largest absolute Gasteiger partial charge is 0.393 e. The van der Waals surface area contributed by atoms with Crippen molar-refractivity contribution in [3.63, 3.8) is 0 Å². The first-order valence-corrected chi connectivity index (χ1v) is 3.94. The Morgan fingerprint density at radius 3 is 1.56 bits per heavy atom. The molecule has 1 unspecified atom stereocenters. The van der Waals surface area contributed by atoms with E-state index < -0.39 is 0 Å². The number of hydrogen-bond acceptors (Lipinski definition) is 1. The molecule has 1 nitrogen and oxygen atoms in total. The van der Waals surface area contributed by atoms with Crippen molar-refractivity contribution in [2.45, 2.75) is 46.1 Å². The SMILES string of the molecule is CCC(O)C(CC)CC. The summed E-state index contributed by atoms with van der Waals surface area (Å²) in [4.78, 5) is 0. The molecule has 0 bridgehead atoms. The molecule has 0 aromatic carbocycles. The summed E-state index contributed by atoms with van der Waals surface area (Å²) < 4.78 is 0. The van der Waals surface area contributed by atoms with Crippen LogP contribution in [0.5, 0.6) is 0 Å². The smallest absolute Gasteiger partial charge is 0.0565 e. The van der Waals surface area contributed by atoms with Crippen molar-refractivity contribution >= 4 is 0 Å². The molecule has 0 radical (unpaired) electrons. The predicted molar refractivity (Wildman–Crippen MR) is 40.4 cm³/mol. The minimum absolute atomic E-state index is 0.0694. The summed E-state index contributed by atoms with van der Waals surface area (Å²) in [5.41, 5.74) is 0. The summed E-state index contributed by atoms with van der Waals surface area (Å²) in [6.45, 7) is 6.29. The van der Waals surface area contributed by atoms with Crippen molar-refractivity contribution in [1.29, 1.82) is 0 Å². The van der Waals surface area contributed by atoms with Gasteiger partial charge in [-0.2, -0.15) is 0 Å². The van der Waals surface area contributed by atoms with Crippen molar-refractivity contribution in [2.24, 2.45) is 5.92 Å². The lowest BCUT2D eigenvalue weighted by atomic mass is 9.95. The van der Waals surface area contributed by atoms with Gasteiger partial charge in [0.25, 0.3) is 0 Å². The van der Waals surface area contributed by atoms with Crippen LogP contribution in [0, 0.1) is 5.92 Å². The molecule has 1 N–H and O–H groups in total. The minimum Gasteiger partial charge on any atom is -0.393 e. The highest BCUT2D eigenvalue weighted by molar-refractivity contribution is 4.63. The molecule has 0 saturated heterocycles. The van der Waals surface area contributed by atoms with Gasteiger partial charge in [-0.3, -0.25) is 0 Å². The molecule has 0 fully saturated rings. The Morgan fingerprint density at radius 2 is 1.44 bits per heavy atom. The maximum absolute atomic E-state index is 9.32. The summed E-state index contributed by atoms with van der Waals surface area (Å²) in [7, 11) is 0. The van der Waals surface area contributed by atoms with E-state index >= 15 is 0 Å². The Balaban J connectivity index is 3.50. The average molecular weight is 130 g/mol. The van der Waals surface area contributed by atoms with Crippen molar-refractivity contribution in [3.05, 3.63) is 0 Å². The van der Waals surface area contributed by atoms with Crippen LogP contribution in [0.3, 0.4) is 0 Å². The Bertz CT molecular complexity index is 57.6. The molecule has 0 amide bonds. The monoisotopic (exact) mass is 130 g/mol. The van der Waals surface area contributed by atoms with E-state index in [2.05, 4.69) is 13.8 Å². The maximum atomic E-state index is 9.32. The fourth-order valence-electron chi connectivity index (χ4n) is 1.17. The van der Waals surface area contributed by atoms with Crippen molar-refractivity contribution in [3.8, 4) is 0 Å². The second kappa shape index (κ2) is 4.80. The van der Waals surface area contributed by atoms with Gasteiger partial charge in [0.15, 0.2) is 0 Å². The van der Waals surface area contributed by atoms with Crippen LogP contribution in [0.25, 0.3) is 0 Å². The quantitative estimate of drug-likeness (QED) is 0.618. The number of aliphatic hydroxyl groups is 1. The predicted octanol–water partition coefficient (Wildman–Crippen LogP) is 2.19. The van der Waals surface area contributed by atoms with Gasteiger partial charge in [-0.1, -0.05) is 33.6 Å². The van der Waals surface area contributed by atoms with E-state index in [1.165, 1.54) is 0 Å². The second-order valence-electron chi connectivity index (χ2n) is 2.55. The van der Waals surface area contributed by atoms with Crippen LogP contribution in [0.4, 0.5) is 0 Å². The van der Waals surface area contributed by atoms with Crippen LogP contribution in [-0.4, -0.2) is 11.2 Å². The molecule has 1 atom stereocenters. The zero-order valence-corrected chi connectivity index (χ0v) is 6.72. The van der Waals surface area contributed by atoms with Gasteiger partial charge in [0, 0.05) is 0 Å². The van der Waals surface area contributed by atoms with E-state index in [0.717, 1.165) is 19.3 Å². The summed E-state index contributed by atoms with van der Waals surface area (Å²) in [5.74, 6) is 0.523. The summed E-state index contributed by atoms with van der Waals surface area (Å²) in [6, 6.07) is 0. The van der Waals surface area contributed by atoms with Crippen LogP contribution >= 0.6 is 0 Å². The molecule has 0 rings (SSSR count). The molecular weight excluding hydrogens is 112 g/mol. The molecule has 0 saturated carbocycles. The zero-order chi connectivity index (χ0) is 7.28. The number of aliphatic hydroxyl groups excluding tert-OH is 1. The van der Waals surface area contributed by atoms with Crippen molar-refractivity contribution in [2.75, 3.05) is 0 Å². The molecule has 9 heavy (non-hydrogen) atoms. The van der Waals surface area contributed by atoms with Gasteiger partial charge >= 0.3 is 0 Å². The Labute approximate surface area is 58.1 Å². The van der Waals surface area contributed by atoms with Crippen molar-refractivity contribution < 1.29 is 5.11 Å². The molecule has 0 aliphatic rings. The molecule has 1 heteroatoms. The molecular formula is C8H18O. The third-order valence-electron chi connectivity index (χ3n) is 2.01. The van der Waals surface area contributed by atoms with E-state index in [1.807, 2.05) is 6.92 Å². The second-order valence-corrected chi connectivity index (χ2v) is 2.55. The van der Waals surface area contributed by atoms with Crippen LogP contribution in [0.15, 0.2) is 0 Å². The van der Waals surface area contributed by atoms with Crippen LogP contribution in [0.2, 0.25) is 0 Å². The number of rotatable bonds is 4. The molecule has 0 heterocycles. The third kappa shape index (κ3) is 2.85. The summed E-state index contributed by atoms with van der Waals surface area (Å²) in [5, 5.41) is 9.32. The highest BCUT2D eigenvalue weighted by Crippen LogP contribution is 2.14. The highest BCUT2D eigenvalue weighted by atomic mass is 16.3.